The Morgan fingerprint density at radius 2 is 2.00 bits per heavy atom. The molecule has 1 aliphatic heterocycles. The molecule has 0 spiro atoms. The van der Waals surface area contributed by atoms with Crippen molar-refractivity contribution in [1.29, 1.82) is 0 Å². The molecule has 1 saturated carbocycles. The van der Waals surface area contributed by atoms with Crippen molar-refractivity contribution in [3.05, 3.63) is 0 Å². The van der Waals surface area contributed by atoms with Gasteiger partial charge in [-0.15, -0.1) is 0 Å². The molecule has 0 amide bonds. The Morgan fingerprint density at radius 1 is 1.31 bits per heavy atom. The van der Waals surface area contributed by atoms with Crippen molar-refractivity contribution in [3.63, 3.8) is 0 Å². The average Bonchev–Trinajstić information content (AvgIpc) is 2.92. The van der Waals surface area contributed by atoms with Crippen molar-refractivity contribution in [3.8, 4) is 0 Å². The van der Waals surface area contributed by atoms with Gasteiger partial charge >= 0.3 is 0 Å². The molecule has 3 nitrogen and oxygen atoms in total. The zero-order valence-electron chi connectivity index (χ0n) is 8.74. The highest BCUT2D eigenvalue weighted by Crippen LogP contribution is 2.29. The number of rotatable bonds is 2. The lowest BCUT2D eigenvalue weighted by Crippen LogP contribution is -2.58. The molecule has 2 fully saturated rings. The molecule has 13 heavy (non-hydrogen) atoms. The highest BCUT2D eigenvalue weighted by Gasteiger charge is 2.36. The lowest BCUT2D eigenvalue weighted by atomic mass is 10.1. The first-order chi connectivity index (χ1) is 6.22. The molecule has 0 bridgehead atoms. The van der Waals surface area contributed by atoms with Gasteiger partial charge in [0.15, 0.2) is 0 Å². The van der Waals surface area contributed by atoms with Crippen LogP contribution in [0.25, 0.3) is 0 Å². The molecular weight excluding hydrogens is 162 g/mol. The minimum absolute atomic E-state index is 0.573. The fourth-order valence-electron chi connectivity index (χ4n) is 2.28. The van der Waals surface area contributed by atoms with Crippen molar-refractivity contribution in [2.75, 3.05) is 26.7 Å². The Bertz CT molecular complexity index is 179. The number of likely N-dealkylation sites (N-methyl/N-ethyl adjacent to an activating group) is 1. The van der Waals surface area contributed by atoms with Crippen LogP contribution in [0.1, 0.15) is 19.8 Å². The maximum Gasteiger partial charge on any atom is 0.0346 e. The van der Waals surface area contributed by atoms with Crippen molar-refractivity contribution in [1.82, 2.24) is 9.80 Å². The molecule has 2 rings (SSSR count). The van der Waals surface area contributed by atoms with Gasteiger partial charge < -0.3 is 5.73 Å². The van der Waals surface area contributed by atoms with E-state index in [1.807, 2.05) is 0 Å². The summed E-state index contributed by atoms with van der Waals surface area (Å²) in [7, 11) is 2.20. The first kappa shape index (κ1) is 9.44. The highest BCUT2D eigenvalue weighted by molar-refractivity contribution is 4.93. The summed E-state index contributed by atoms with van der Waals surface area (Å²) in [6.45, 7) is 5.51. The molecule has 2 N–H and O–H groups in total. The lowest BCUT2D eigenvalue weighted by Gasteiger charge is -2.43. The standard InChI is InChI=1S/C10H21N3/c1-8-6-13(9-3-4-9)7-10(5-11)12(8)2/h8-10H,3-7,11H2,1-2H3. The van der Waals surface area contributed by atoms with E-state index in [0.29, 0.717) is 12.1 Å². The van der Waals surface area contributed by atoms with Gasteiger partial charge in [-0.3, -0.25) is 9.80 Å². The largest absolute Gasteiger partial charge is 0.329 e. The number of hydrogen-bond acceptors (Lipinski definition) is 3. The van der Waals surface area contributed by atoms with Crippen molar-refractivity contribution in [2.45, 2.75) is 37.9 Å². The third-order valence-electron chi connectivity index (χ3n) is 3.55. The van der Waals surface area contributed by atoms with Gasteiger partial charge in [0.2, 0.25) is 0 Å². The molecule has 1 aliphatic carbocycles. The van der Waals surface area contributed by atoms with E-state index < -0.39 is 0 Å². The summed E-state index contributed by atoms with van der Waals surface area (Å²) in [6.07, 6.45) is 2.82. The molecule has 2 unspecified atom stereocenters. The minimum Gasteiger partial charge on any atom is -0.329 e. The molecule has 2 atom stereocenters. The van der Waals surface area contributed by atoms with Crippen molar-refractivity contribution in [2.24, 2.45) is 5.73 Å². The van der Waals surface area contributed by atoms with Crippen molar-refractivity contribution < 1.29 is 0 Å². The quantitative estimate of drug-likeness (QED) is 0.659. The van der Waals surface area contributed by atoms with E-state index in [1.54, 1.807) is 0 Å². The minimum atomic E-state index is 0.573. The number of piperazine rings is 1. The van der Waals surface area contributed by atoms with Crippen LogP contribution in [-0.4, -0.2) is 54.6 Å². The fourth-order valence-corrected chi connectivity index (χ4v) is 2.28. The van der Waals surface area contributed by atoms with Gasteiger partial charge in [0.25, 0.3) is 0 Å². The number of nitrogens with two attached hydrogens (primary N) is 1. The van der Waals surface area contributed by atoms with E-state index in [0.717, 1.165) is 12.6 Å². The molecule has 76 valence electrons. The normalized spacial score (nSPS) is 38.1. The topological polar surface area (TPSA) is 32.5 Å². The predicted molar refractivity (Wildman–Crippen MR) is 54.7 cm³/mol. The summed E-state index contributed by atoms with van der Waals surface area (Å²) in [5.74, 6) is 0. The molecule has 3 heteroatoms. The Labute approximate surface area is 80.9 Å². The third kappa shape index (κ3) is 1.87. The zero-order chi connectivity index (χ0) is 9.42. The molecule has 0 aromatic rings. The molecule has 1 saturated heterocycles. The third-order valence-corrected chi connectivity index (χ3v) is 3.55. The van der Waals surface area contributed by atoms with Crippen LogP contribution in [0, 0.1) is 0 Å². The predicted octanol–water partition coefficient (Wildman–Crippen LogP) is 0.112. The van der Waals surface area contributed by atoms with E-state index in [1.165, 1.54) is 25.9 Å². The van der Waals surface area contributed by atoms with Crippen LogP contribution < -0.4 is 5.73 Å². The summed E-state index contributed by atoms with van der Waals surface area (Å²) in [4.78, 5) is 5.06. The van der Waals surface area contributed by atoms with E-state index in [2.05, 4.69) is 23.8 Å². The van der Waals surface area contributed by atoms with Gasteiger partial charge in [-0.25, -0.2) is 0 Å². The van der Waals surface area contributed by atoms with Crippen LogP contribution in [-0.2, 0) is 0 Å². The van der Waals surface area contributed by atoms with Gasteiger partial charge in [-0.2, -0.15) is 0 Å². The number of nitrogens with zero attached hydrogens (tertiary/aromatic N) is 2. The van der Waals surface area contributed by atoms with E-state index in [9.17, 15) is 0 Å². The Balaban J connectivity index is 1.96. The molecule has 0 aromatic carbocycles. The van der Waals surface area contributed by atoms with Crippen LogP contribution in [0.4, 0.5) is 0 Å². The monoisotopic (exact) mass is 183 g/mol. The summed E-state index contributed by atoms with van der Waals surface area (Å²) in [5, 5.41) is 0. The number of hydrogen-bond donors (Lipinski definition) is 1. The van der Waals surface area contributed by atoms with Crippen LogP contribution in [0.15, 0.2) is 0 Å². The smallest absolute Gasteiger partial charge is 0.0346 e. The second kappa shape index (κ2) is 3.56. The first-order valence-electron chi connectivity index (χ1n) is 5.38. The second-order valence-electron chi connectivity index (χ2n) is 4.59. The van der Waals surface area contributed by atoms with Gasteiger partial charge in [0.05, 0.1) is 0 Å². The second-order valence-corrected chi connectivity index (χ2v) is 4.59. The summed E-state index contributed by atoms with van der Waals surface area (Å²) >= 11 is 0. The van der Waals surface area contributed by atoms with E-state index >= 15 is 0 Å². The fraction of sp³-hybridized carbons (Fsp3) is 1.00. The lowest BCUT2D eigenvalue weighted by molar-refractivity contribution is 0.0508. The first-order valence-corrected chi connectivity index (χ1v) is 5.38. The molecule has 0 aromatic heterocycles. The van der Waals surface area contributed by atoms with Crippen molar-refractivity contribution >= 4 is 0 Å². The van der Waals surface area contributed by atoms with Gasteiger partial charge in [-0.1, -0.05) is 0 Å². The summed E-state index contributed by atoms with van der Waals surface area (Å²) in [5.41, 5.74) is 5.77. The van der Waals surface area contributed by atoms with Gasteiger partial charge in [-0.05, 0) is 26.8 Å². The van der Waals surface area contributed by atoms with Crippen LogP contribution in [0.3, 0.4) is 0 Å². The van der Waals surface area contributed by atoms with Gasteiger partial charge in [0, 0.05) is 37.8 Å². The molecule has 2 aliphatic rings. The van der Waals surface area contributed by atoms with E-state index in [-0.39, 0.29) is 0 Å². The van der Waals surface area contributed by atoms with Gasteiger partial charge in [0.1, 0.15) is 0 Å². The molecular formula is C10H21N3. The Hall–Kier alpha value is -0.120. The van der Waals surface area contributed by atoms with Crippen LogP contribution in [0.5, 0.6) is 0 Å². The molecule has 1 heterocycles. The van der Waals surface area contributed by atoms with Crippen LogP contribution in [0.2, 0.25) is 0 Å². The Morgan fingerprint density at radius 3 is 2.54 bits per heavy atom. The Kier molecular flexibility index (Phi) is 2.58. The summed E-state index contributed by atoms with van der Waals surface area (Å²) < 4.78 is 0. The van der Waals surface area contributed by atoms with Crippen LogP contribution >= 0.6 is 0 Å². The highest BCUT2D eigenvalue weighted by atomic mass is 15.3. The summed E-state index contributed by atoms with van der Waals surface area (Å²) in [6, 6.07) is 2.14. The molecule has 0 radical (unpaired) electrons. The zero-order valence-corrected chi connectivity index (χ0v) is 8.74. The maximum atomic E-state index is 5.77. The SMILES string of the molecule is CC1CN(C2CC2)CC(CN)N1C. The van der Waals surface area contributed by atoms with E-state index in [4.69, 9.17) is 5.73 Å². The average molecular weight is 183 g/mol. The maximum absolute atomic E-state index is 5.77.